The fourth-order valence-electron chi connectivity index (χ4n) is 1.37. The first kappa shape index (κ1) is 11.0. The Morgan fingerprint density at radius 2 is 2.00 bits per heavy atom. The highest BCUT2D eigenvalue weighted by atomic mass is 35.5. The van der Waals surface area contributed by atoms with Crippen LogP contribution in [0.1, 0.15) is 15.2 Å². The summed E-state index contributed by atoms with van der Waals surface area (Å²) in [6.45, 7) is 0. The second kappa shape index (κ2) is 4.15. The lowest BCUT2D eigenvalue weighted by Crippen LogP contribution is -2.04. The van der Waals surface area contributed by atoms with Gasteiger partial charge >= 0.3 is 0 Å². The number of anilines is 2. The zero-order valence-corrected chi connectivity index (χ0v) is 9.81. The van der Waals surface area contributed by atoms with Crippen LogP contribution in [-0.2, 0) is 0 Å². The molecule has 0 amide bonds. The molecule has 2 rings (SSSR count). The van der Waals surface area contributed by atoms with Crippen LogP contribution in [0.3, 0.4) is 0 Å². The minimum atomic E-state index is -0.169. The normalized spacial score (nSPS) is 10.3. The summed E-state index contributed by atoms with van der Waals surface area (Å²) in [6.07, 6.45) is 0. The zero-order valence-electron chi connectivity index (χ0n) is 8.24. The number of hydrogen-bond acceptors (Lipinski definition) is 4. The molecule has 1 aromatic heterocycles. The summed E-state index contributed by atoms with van der Waals surface area (Å²) in [7, 11) is 0. The van der Waals surface area contributed by atoms with Crippen molar-refractivity contribution in [2.45, 2.75) is 0 Å². The van der Waals surface area contributed by atoms with E-state index < -0.39 is 0 Å². The number of halogens is 1. The smallest absolute Gasteiger partial charge is 0.206 e. The van der Waals surface area contributed by atoms with Crippen LogP contribution in [0.25, 0.3) is 0 Å². The quantitative estimate of drug-likeness (QED) is 0.638. The summed E-state index contributed by atoms with van der Waals surface area (Å²) >= 11 is 7.19. The number of carbonyl (C=O) groups excluding carboxylic acids is 1. The van der Waals surface area contributed by atoms with Gasteiger partial charge in [-0.25, -0.2) is 0 Å². The molecule has 0 saturated heterocycles. The highest BCUT2D eigenvalue weighted by molar-refractivity contribution is 7.13. The van der Waals surface area contributed by atoms with E-state index in [4.69, 9.17) is 23.1 Å². The molecule has 3 nitrogen and oxygen atoms in total. The molecule has 0 spiro atoms. The SMILES string of the molecule is Nc1ccc(C(=O)c2sccc2Cl)c(N)c1. The Balaban J connectivity index is 2.46. The first-order valence-corrected chi connectivity index (χ1v) is 5.78. The molecule has 0 unspecified atom stereocenters. The van der Waals surface area contributed by atoms with E-state index in [9.17, 15) is 4.79 Å². The maximum atomic E-state index is 12.1. The van der Waals surface area contributed by atoms with Crippen molar-refractivity contribution in [2.24, 2.45) is 0 Å². The second-order valence-electron chi connectivity index (χ2n) is 3.27. The molecule has 5 heteroatoms. The highest BCUT2D eigenvalue weighted by Crippen LogP contribution is 2.27. The maximum absolute atomic E-state index is 12.1. The van der Waals surface area contributed by atoms with Crippen LogP contribution in [0.2, 0.25) is 5.02 Å². The van der Waals surface area contributed by atoms with Crippen molar-refractivity contribution < 1.29 is 4.79 Å². The molecule has 4 N–H and O–H groups in total. The van der Waals surface area contributed by atoms with Gasteiger partial charge in [0.25, 0.3) is 0 Å². The van der Waals surface area contributed by atoms with E-state index in [1.54, 1.807) is 29.6 Å². The molecule has 1 aromatic carbocycles. The summed E-state index contributed by atoms with van der Waals surface area (Å²) in [6, 6.07) is 6.51. The topological polar surface area (TPSA) is 69.1 Å². The Labute approximate surface area is 102 Å². The van der Waals surface area contributed by atoms with Gasteiger partial charge in [0.2, 0.25) is 5.78 Å². The third-order valence-electron chi connectivity index (χ3n) is 2.14. The summed E-state index contributed by atoms with van der Waals surface area (Å²) in [5, 5.41) is 2.22. The molecule has 0 radical (unpaired) electrons. The van der Waals surface area contributed by atoms with Gasteiger partial charge in [-0.05, 0) is 29.6 Å². The molecule has 0 aliphatic carbocycles. The van der Waals surface area contributed by atoms with Gasteiger partial charge in [0, 0.05) is 16.9 Å². The van der Waals surface area contributed by atoms with Gasteiger partial charge in [-0.2, -0.15) is 0 Å². The lowest BCUT2D eigenvalue weighted by molar-refractivity contribution is 0.104. The van der Waals surface area contributed by atoms with Crippen LogP contribution in [0.5, 0.6) is 0 Å². The summed E-state index contributed by atoms with van der Waals surface area (Å²) in [5.74, 6) is -0.169. The third kappa shape index (κ3) is 1.89. The lowest BCUT2D eigenvalue weighted by atomic mass is 10.1. The minimum absolute atomic E-state index is 0.169. The van der Waals surface area contributed by atoms with Gasteiger partial charge in [-0.1, -0.05) is 11.6 Å². The molecule has 82 valence electrons. The molecule has 0 bridgehead atoms. The summed E-state index contributed by atoms with van der Waals surface area (Å²) in [5.41, 5.74) is 12.6. The van der Waals surface area contributed by atoms with Crippen molar-refractivity contribution in [1.82, 2.24) is 0 Å². The number of thiophene rings is 1. The Morgan fingerprint density at radius 1 is 1.25 bits per heavy atom. The van der Waals surface area contributed by atoms with E-state index in [1.807, 2.05) is 0 Å². The van der Waals surface area contributed by atoms with E-state index in [2.05, 4.69) is 0 Å². The molecule has 1 heterocycles. The van der Waals surface area contributed by atoms with Crippen molar-refractivity contribution in [1.29, 1.82) is 0 Å². The van der Waals surface area contributed by atoms with E-state index in [0.717, 1.165) is 0 Å². The molecular formula is C11H9ClN2OS. The predicted molar refractivity (Wildman–Crippen MR) is 68.0 cm³/mol. The number of ketones is 1. The van der Waals surface area contributed by atoms with Gasteiger partial charge in [0.05, 0.1) is 9.90 Å². The van der Waals surface area contributed by atoms with Gasteiger partial charge in [0.1, 0.15) is 0 Å². The maximum Gasteiger partial charge on any atom is 0.206 e. The second-order valence-corrected chi connectivity index (χ2v) is 4.60. The largest absolute Gasteiger partial charge is 0.399 e. The lowest BCUT2D eigenvalue weighted by Gasteiger charge is -2.04. The number of nitrogen functional groups attached to an aromatic ring is 2. The van der Waals surface area contributed by atoms with Gasteiger partial charge in [-0.3, -0.25) is 4.79 Å². The predicted octanol–water partition coefficient (Wildman–Crippen LogP) is 2.80. The first-order valence-electron chi connectivity index (χ1n) is 4.52. The monoisotopic (exact) mass is 252 g/mol. The number of rotatable bonds is 2. The fraction of sp³-hybridized carbons (Fsp3) is 0. The van der Waals surface area contributed by atoms with Crippen LogP contribution >= 0.6 is 22.9 Å². The average molecular weight is 253 g/mol. The van der Waals surface area contributed by atoms with Gasteiger partial charge in [-0.15, -0.1) is 11.3 Å². The Hall–Kier alpha value is -1.52. The molecule has 2 aromatic rings. The number of hydrogen-bond donors (Lipinski definition) is 2. The number of benzene rings is 1. The van der Waals surface area contributed by atoms with Crippen LogP contribution in [-0.4, -0.2) is 5.78 Å². The summed E-state index contributed by atoms with van der Waals surface area (Å²) in [4.78, 5) is 12.6. The zero-order chi connectivity index (χ0) is 11.7. The molecule has 0 atom stereocenters. The third-order valence-corrected chi connectivity index (χ3v) is 3.48. The standard InChI is InChI=1S/C11H9ClN2OS/c12-8-3-4-16-11(8)10(15)7-2-1-6(13)5-9(7)14/h1-5H,13-14H2. The van der Waals surface area contributed by atoms with Crippen molar-refractivity contribution in [3.05, 3.63) is 45.1 Å². The van der Waals surface area contributed by atoms with E-state index in [1.165, 1.54) is 11.3 Å². The summed E-state index contributed by atoms with van der Waals surface area (Å²) < 4.78 is 0. The minimum Gasteiger partial charge on any atom is -0.399 e. The van der Waals surface area contributed by atoms with Crippen LogP contribution < -0.4 is 11.5 Å². The molecule has 0 fully saturated rings. The van der Waals surface area contributed by atoms with Crippen molar-refractivity contribution >= 4 is 40.1 Å². The van der Waals surface area contributed by atoms with Crippen molar-refractivity contribution in [3.8, 4) is 0 Å². The van der Waals surface area contributed by atoms with Crippen LogP contribution in [0.4, 0.5) is 11.4 Å². The van der Waals surface area contributed by atoms with Gasteiger partial charge in [0.15, 0.2) is 0 Å². The Kier molecular flexibility index (Phi) is 2.85. The van der Waals surface area contributed by atoms with E-state index in [-0.39, 0.29) is 5.78 Å². The molecule has 16 heavy (non-hydrogen) atoms. The molecule has 0 aliphatic rings. The first-order chi connectivity index (χ1) is 7.59. The molecular weight excluding hydrogens is 244 g/mol. The fourth-order valence-corrected chi connectivity index (χ4v) is 2.46. The van der Waals surface area contributed by atoms with Crippen LogP contribution in [0.15, 0.2) is 29.6 Å². The number of nitrogens with two attached hydrogens (primary N) is 2. The highest BCUT2D eigenvalue weighted by Gasteiger charge is 2.16. The van der Waals surface area contributed by atoms with Crippen molar-refractivity contribution in [2.75, 3.05) is 11.5 Å². The van der Waals surface area contributed by atoms with E-state index in [0.29, 0.717) is 26.8 Å². The average Bonchev–Trinajstić information content (AvgIpc) is 2.63. The Morgan fingerprint density at radius 3 is 2.56 bits per heavy atom. The van der Waals surface area contributed by atoms with Gasteiger partial charge < -0.3 is 11.5 Å². The molecule has 0 aliphatic heterocycles. The van der Waals surface area contributed by atoms with Crippen molar-refractivity contribution in [3.63, 3.8) is 0 Å². The Bertz CT molecular complexity index is 551. The number of carbonyl (C=O) groups is 1. The van der Waals surface area contributed by atoms with E-state index >= 15 is 0 Å². The van der Waals surface area contributed by atoms with Crippen LogP contribution in [0, 0.1) is 0 Å². The molecule has 0 saturated carbocycles.